The van der Waals surface area contributed by atoms with Crippen molar-refractivity contribution in [2.45, 2.75) is 23.6 Å². The first kappa shape index (κ1) is 13.3. The van der Waals surface area contributed by atoms with Crippen LogP contribution in [0.25, 0.3) is 0 Å². The lowest BCUT2D eigenvalue weighted by atomic mass is 10.1. The van der Waals surface area contributed by atoms with E-state index in [9.17, 15) is 13.2 Å². The minimum Gasteiger partial charge on any atom is -0.332 e. The summed E-state index contributed by atoms with van der Waals surface area (Å²) in [4.78, 5) is 13.5. The monoisotopic (exact) mass is 285 g/mol. The van der Waals surface area contributed by atoms with Crippen molar-refractivity contribution in [1.29, 1.82) is 0 Å². The van der Waals surface area contributed by atoms with Crippen molar-refractivity contribution in [2.75, 3.05) is 12.3 Å². The third kappa shape index (κ3) is 2.10. The van der Waals surface area contributed by atoms with Crippen LogP contribution in [0.3, 0.4) is 0 Å². The average Bonchev–Trinajstić information content (AvgIpc) is 2.83. The maximum Gasteiger partial charge on any atom is 0.246 e. The Morgan fingerprint density at radius 2 is 2.39 bits per heavy atom. The lowest BCUT2D eigenvalue weighted by Gasteiger charge is -2.32. The van der Waals surface area contributed by atoms with E-state index in [0.717, 1.165) is 5.56 Å². The van der Waals surface area contributed by atoms with Gasteiger partial charge in [-0.15, -0.1) is 11.3 Å². The van der Waals surface area contributed by atoms with Crippen molar-refractivity contribution in [1.82, 2.24) is 4.90 Å². The molecule has 4 nitrogen and oxygen atoms in total. The molecule has 1 aromatic heterocycles. The Bertz CT molecular complexity index is 574. The Kier molecular flexibility index (Phi) is 3.59. The van der Waals surface area contributed by atoms with Gasteiger partial charge in [0.1, 0.15) is 4.21 Å². The highest BCUT2D eigenvalue weighted by Gasteiger charge is 2.35. The molecule has 2 heterocycles. The molecule has 0 radical (unpaired) electrons. The summed E-state index contributed by atoms with van der Waals surface area (Å²) in [7, 11) is -3.15. The summed E-state index contributed by atoms with van der Waals surface area (Å²) >= 11 is 1.23. The minimum absolute atomic E-state index is 0.103. The highest BCUT2D eigenvalue weighted by atomic mass is 32.2. The fourth-order valence-corrected chi connectivity index (χ4v) is 5.25. The predicted octanol–water partition coefficient (Wildman–Crippen LogP) is 2.00. The molecular formula is C12H15NO3S2. The summed E-state index contributed by atoms with van der Waals surface area (Å²) in [6.45, 7) is 5.92. The first-order valence-corrected chi connectivity index (χ1v) is 8.27. The number of sulfone groups is 1. The van der Waals surface area contributed by atoms with Gasteiger partial charge in [0.25, 0.3) is 0 Å². The first-order valence-electron chi connectivity index (χ1n) is 5.74. The van der Waals surface area contributed by atoms with Gasteiger partial charge >= 0.3 is 0 Å². The molecule has 0 aliphatic carbocycles. The predicted molar refractivity (Wildman–Crippen MR) is 71.3 cm³/mol. The van der Waals surface area contributed by atoms with Gasteiger partial charge in [0, 0.05) is 12.1 Å². The Labute approximate surface area is 111 Å². The van der Waals surface area contributed by atoms with Crippen molar-refractivity contribution < 1.29 is 13.2 Å². The molecule has 0 saturated heterocycles. The van der Waals surface area contributed by atoms with Crippen LogP contribution in [-0.4, -0.2) is 31.5 Å². The van der Waals surface area contributed by atoms with E-state index in [-0.39, 0.29) is 17.7 Å². The topological polar surface area (TPSA) is 54.5 Å². The van der Waals surface area contributed by atoms with Crippen LogP contribution in [0.1, 0.15) is 24.9 Å². The van der Waals surface area contributed by atoms with Crippen LogP contribution in [0, 0.1) is 0 Å². The quantitative estimate of drug-likeness (QED) is 0.798. The van der Waals surface area contributed by atoms with Gasteiger partial charge in [0.15, 0.2) is 9.84 Å². The van der Waals surface area contributed by atoms with Crippen LogP contribution >= 0.6 is 11.3 Å². The summed E-state index contributed by atoms with van der Waals surface area (Å²) in [5, 5.41) is 1.77. The Morgan fingerprint density at radius 1 is 1.67 bits per heavy atom. The Hall–Kier alpha value is -1.14. The summed E-state index contributed by atoms with van der Waals surface area (Å²) in [6, 6.07) is 1.66. The maximum absolute atomic E-state index is 11.9. The van der Waals surface area contributed by atoms with Crippen LogP contribution in [-0.2, 0) is 14.6 Å². The summed E-state index contributed by atoms with van der Waals surface area (Å²) in [5.74, 6) is -0.0505. The van der Waals surface area contributed by atoms with Crippen LogP contribution in [0.5, 0.6) is 0 Å². The number of fused-ring (bicyclic) bond motifs is 1. The third-order valence-electron chi connectivity index (χ3n) is 3.13. The molecule has 1 aromatic rings. The van der Waals surface area contributed by atoms with Gasteiger partial charge in [-0.25, -0.2) is 8.42 Å². The lowest BCUT2D eigenvalue weighted by molar-refractivity contribution is -0.128. The molecule has 1 aliphatic rings. The lowest BCUT2D eigenvalue weighted by Crippen LogP contribution is -2.36. The van der Waals surface area contributed by atoms with Crippen molar-refractivity contribution in [3.8, 4) is 0 Å². The molecule has 1 amide bonds. The zero-order valence-corrected chi connectivity index (χ0v) is 11.8. The molecule has 0 N–H and O–H groups in total. The van der Waals surface area contributed by atoms with Crippen LogP contribution < -0.4 is 0 Å². The molecule has 0 saturated carbocycles. The second-order valence-corrected chi connectivity index (χ2v) is 7.34. The fraction of sp³-hybridized carbons (Fsp3) is 0.417. The van der Waals surface area contributed by atoms with Gasteiger partial charge in [0.2, 0.25) is 5.91 Å². The summed E-state index contributed by atoms with van der Waals surface area (Å²) in [6.07, 6.45) is 1.73. The number of hydrogen-bond acceptors (Lipinski definition) is 4. The van der Waals surface area contributed by atoms with Gasteiger partial charge in [-0.3, -0.25) is 4.79 Å². The highest BCUT2D eigenvalue weighted by Crippen LogP contribution is 2.39. The minimum atomic E-state index is -3.15. The average molecular weight is 285 g/mol. The van der Waals surface area contributed by atoms with Crippen LogP contribution in [0.15, 0.2) is 28.3 Å². The molecule has 1 aliphatic heterocycles. The normalized spacial score (nSPS) is 21.1. The number of carbonyl (C=O) groups excluding carboxylic acids is 1. The van der Waals surface area contributed by atoms with Gasteiger partial charge in [-0.05, 0) is 30.9 Å². The van der Waals surface area contributed by atoms with E-state index in [1.54, 1.807) is 16.3 Å². The number of carbonyl (C=O) groups is 1. The van der Waals surface area contributed by atoms with E-state index in [1.807, 2.05) is 6.92 Å². The van der Waals surface area contributed by atoms with Crippen molar-refractivity contribution >= 4 is 27.1 Å². The number of rotatable bonds is 3. The van der Waals surface area contributed by atoms with E-state index >= 15 is 0 Å². The molecule has 1 atom stereocenters. The van der Waals surface area contributed by atoms with Crippen molar-refractivity contribution in [2.24, 2.45) is 0 Å². The number of amides is 1. The first-order chi connectivity index (χ1) is 8.51. The molecule has 18 heavy (non-hydrogen) atoms. The van der Waals surface area contributed by atoms with E-state index in [0.29, 0.717) is 17.2 Å². The van der Waals surface area contributed by atoms with Crippen LogP contribution in [0.4, 0.5) is 0 Å². The van der Waals surface area contributed by atoms with E-state index in [4.69, 9.17) is 0 Å². The molecule has 0 bridgehead atoms. The molecule has 1 unspecified atom stereocenters. The van der Waals surface area contributed by atoms with Gasteiger partial charge < -0.3 is 4.90 Å². The Morgan fingerprint density at radius 3 is 3.00 bits per heavy atom. The summed E-state index contributed by atoms with van der Waals surface area (Å²) in [5.41, 5.74) is 0.753. The fourth-order valence-electron chi connectivity index (χ4n) is 2.29. The largest absolute Gasteiger partial charge is 0.332 e. The Balaban J connectivity index is 2.44. The number of nitrogens with zero attached hydrogens (tertiary/aromatic N) is 1. The van der Waals surface area contributed by atoms with Crippen molar-refractivity contribution in [3.63, 3.8) is 0 Å². The third-order valence-corrected chi connectivity index (χ3v) is 6.48. The van der Waals surface area contributed by atoms with Crippen LogP contribution in [0.2, 0.25) is 0 Å². The van der Waals surface area contributed by atoms with Crippen molar-refractivity contribution in [3.05, 3.63) is 29.7 Å². The second-order valence-electron chi connectivity index (χ2n) is 4.12. The molecule has 6 heteroatoms. The zero-order chi connectivity index (χ0) is 13.3. The van der Waals surface area contributed by atoms with E-state index in [1.165, 1.54) is 17.4 Å². The van der Waals surface area contributed by atoms with E-state index < -0.39 is 9.84 Å². The zero-order valence-electron chi connectivity index (χ0n) is 10.1. The molecular weight excluding hydrogens is 270 g/mol. The number of thiophene rings is 1. The van der Waals surface area contributed by atoms with Gasteiger partial charge in [-0.1, -0.05) is 6.58 Å². The van der Waals surface area contributed by atoms with E-state index in [2.05, 4.69) is 6.58 Å². The second kappa shape index (κ2) is 4.85. The standard InChI is InChI=1S/C12H15NO3S2/c1-3-11(14)13(4-2)10-6-8-18(15,16)12-9(10)5-7-17-12/h3,5,7,10H,1,4,6,8H2,2H3. The summed E-state index contributed by atoms with van der Waals surface area (Å²) < 4.78 is 24.2. The van der Waals surface area contributed by atoms with Gasteiger partial charge in [-0.2, -0.15) is 0 Å². The van der Waals surface area contributed by atoms with Gasteiger partial charge in [0.05, 0.1) is 11.8 Å². The number of hydrogen-bond donors (Lipinski definition) is 0. The molecule has 0 spiro atoms. The molecule has 0 fully saturated rings. The highest BCUT2D eigenvalue weighted by molar-refractivity contribution is 7.93. The molecule has 2 rings (SSSR count). The number of likely N-dealkylation sites (N-methyl/N-ethyl adjacent to an activating group) is 1. The SMILES string of the molecule is C=CC(=O)N(CC)C1CCS(=O)(=O)c2sccc21. The molecule has 98 valence electrons. The maximum atomic E-state index is 11.9. The molecule has 0 aromatic carbocycles. The smallest absolute Gasteiger partial charge is 0.246 e.